The molecule has 1 aromatic carbocycles. The summed E-state index contributed by atoms with van der Waals surface area (Å²) in [6.07, 6.45) is 1.71. The van der Waals surface area contributed by atoms with Crippen LogP contribution in [0.5, 0.6) is 0 Å². The smallest absolute Gasteiger partial charge is 0.273 e. The summed E-state index contributed by atoms with van der Waals surface area (Å²) in [6, 6.07) is 9.57. The molecule has 1 atom stereocenters. The van der Waals surface area contributed by atoms with Gasteiger partial charge in [-0.2, -0.15) is 0 Å². The minimum Gasteiger partial charge on any atom is -0.386 e. The van der Waals surface area contributed by atoms with Gasteiger partial charge in [0.05, 0.1) is 23.5 Å². The van der Waals surface area contributed by atoms with Crippen molar-refractivity contribution < 1.29 is 14.6 Å². The number of aliphatic hydroxyl groups is 1. The standard InChI is InChI=1S/C18H21N5O3/c1-12-15(17(24)20-10-18(2,25)11-26-3)21-22-23(12)14-8-4-6-13-7-5-9-19-16(13)14/h4-9,25H,10-11H2,1-3H3,(H,20,24)/t18-/m0/s1. The van der Waals surface area contributed by atoms with Gasteiger partial charge in [0.25, 0.3) is 5.91 Å². The maximum absolute atomic E-state index is 12.4. The predicted molar refractivity (Wildman–Crippen MR) is 96.2 cm³/mol. The number of benzene rings is 1. The Morgan fingerprint density at radius 2 is 2.12 bits per heavy atom. The molecular formula is C18H21N5O3. The molecule has 0 unspecified atom stereocenters. The van der Waals surface area contributed by atoms with Crippen molar-refractivity contribution in [2.75, 3.05) is 20.3 Å². The summed E-state index contributed by atoms with van der Waals surface area (Å²) in [5.74, 6) is -0.404. The number of amides is 1. The Balaban J connectivity index is 1.87. The van der Waals surface area contributed by atoms with E-state index in [1.807, 2.05) is 30.3 Å². The Kier molecular flexibility index (Phi) is 4.97. The first-order chi connectivity index (χ1) is 12.4. The molecule has 2 aromatic heterocycles. The van der Waals surface area contributed by atoms with E-state index in [2.05, 4.69) is 20.6 Å². The lowest BCUT2D eigenvalue weighted by molar-refractivity contribution is -0.0147. The quantitative estimate of drug-likeness (QED) is 0.690. The molecule has 2 heterocycles. The molecule has 2 N–H and O–H groups in total. The van der Waals surface area contributed by atoms with Gasteiger partial charge in [-0.05, 0) is 26.0 Å². The zero-order valence-corrected chi connectivity index (χ0v) is 14.9. The summed E-state index contributed by atoms with van der Waals surface area (Å²) in [5.41, 5.74) is 1.16. The van der Waals surface area contributed by atoms with Gasteiger partial charge < -0.3 is 15.2 Å². The van der Waals surface area contributed by atoms with E-state index in [-0.39, 0.29) is 18.8 Å². The minimum atomic E-state index is -1.16. The Labute approximate surface area is 150 Å². The number of para-hydroxylation sites is 1. The van der Waals surface area contributed by atoms with E-state index in [0.717, 1.165) is 16.6 Å². The summed E-state index contributed by atoms with van der Waals surface area (Å²) in [4.78, 5) is 16.8. The highest BCUT2D eigenvalue weighted by Crippen LogP contribution is 2.21. The van der Waals surface area contributed by atoms with Crippen molar-refractivity contribution in [1.29, 1.82) is 0 Å². The maximum atomic E-state index is 12.4. The molecule has 8 nitrogen and oxygen atoms in total. The van der Waals surface area contributed by atoms with Crippen LogP contribution in [0.1, 0.15) is 23.1 Å². The maximum Gasteiger partial charge on any atom is 0.273 e. The van der Waals surface area contributed by atoms with Gasteiger partial charge in [0, 0.05) is 25.2 Å². The molecule has 0 radical (unpaired) electrons. The van der Waals surface area contributed by atoms with Gasteiger partial charge in [-0.25, -0.2) is 4.68 Å². The first-order valence-electron chi connectivity index (χ1n) is 8.19. The molecular weight excluding hydrogens is 334 g/mol. The highest BCUT2D eigenvalue weighted by atomic mass is 16.5. The van der Waals surface area contributed by atoms with Crippen LogP contribution in [0.3, 0.4) is 0 Å². The fourth-order valence-electron chi connectivity index (χ4n) is 2.74. The molecule has 0 bridgehead atoms. The number of ether oxygens (including phenoxy) is 1. The summed E-state index contributed by atoms with van der Waals surface area (Å²) < 4.78 is 6.53. The number of hydrogen-bond acceptors (Lipinski definition) is 6. The summed E-state index contributed by atoms with van der Waals surface area (Å²) in [7, 11) is 1.49. The Morgan fingerprint density at radius 1 is 1.35 bits per heavy atom. The highest BCUT2D eigenvalue weighted by molar-refractivity contribution is 5.93. The van der Waals surface area contributed by atoms with Crippen molar-refractivity contribution >= 4 is 16.8 Å². The normalized spacial score (nSPS) is 13.5. The first-order valence-corrected chi connectivity index (χ1v) is 8.19. The average molecular weight is 355 g/mol. The van der Waals surface area contributed by atoms with Gasteiger partial charge in [-0.1, -0.05) is 23.4 Å². The number of carbonyl (C=O) groups excluding carboxylic acids is 1. The van der Waals surface area contributed by atoms with Gasteiger partial charge in [-0.15, -0.1) is 5.10 Å². The van der Waals surface area contributed by atoms with E-state index in [9.17, 15) is 9.90 Å². The van der Waals surface area contributed by atoms with E-state index in [4.69, 9.17) is 4.74 Å². The van der Waals surface area contributed by atoms with Crippen LogP contribution in [-0.2, 0) is 4.74 Å². The third kappa shape index (κ3) is 3.56. The van der Waals surface area contributed by atoms with Crippen LogP contribution in [0.15, 0.2) is 36.5 Å². The van der Waals surface area contributed by atoms with Crippen molar-refractivity contribution in [3.8, 4) is 5.69 Å². The molecule has 136 valence electrons. The third-order valence-electron chi connectivity index (χ3n) is 4.03. The second-order valence-electron chi connectivity index (χ2n) is 6.40. The lowest BCUT2D eigenvalue weighted by atomic mass is 10.1. The fourth-order valence-corrected chi connectivity index (χ4v) is 2.74. The zero-order valence-electron chi connectivity index (χ0n) is 14.9. The lowest BCUT2D eigenvalue weighted by Crippen LogP contribution is -2.44. The molecule has 0 aliphatic rings. The number of nitrogens with one attached hydrogen (secondary N) is 1. The summed E-state index contributed by atoms with van der Waals surface area (Å²) >= 11 is 0. The Morgan fingerprint density at radius 3 is 2.88 bits per heavy atom. The molecule has 0 aliphatic heterocycles. The number of pyridine rings is 1. The van der Waals surface area contributed by atoms with Crippen molar-refractivity contribution in [3.05, 3.63) is 47.9 Å². The van der Waals surface area contributed by atoms with Crippen LogP contribution in [0.4, 0.5) is 0 Å². The number of methoxy groups -OCH3 is 1. The second kappa shape index (κ2) is 7.19. The number of hydrogen-bond donors (Lipinski definition) is 2. The Hall–Kier alpha value is -2.84. The van der Waals surface area contributed by atoms with E-state index in [1.165, 1.54) is 7.11 Å². The molecule has 0 saturated heterocycles. The molecule has 0 aliphatic carbocycles. The number of carbonyl (C=O) groups is 1. The van der Waals surface area contributed by atoms with Crippen molar-refractivity contribution in [2.24, 2.45) is 0 Å². The minimum absolute atomic E-state index is 0.0434. The molecule has 3 aromatic rings. The third-order valence-corrected chi connectivity index (χ3v) is 4.03. The Bertz CT molecular complexity index is 930. The number of nitrogens with zero attached hydrogens (tertiary/aromatic N) is 4. The van der Waals surface area contributed by atoms with Crippen LogP contribution >= 0.6 is 0 Å². The highest BCUT2D eigenvalue weighted by Gasteiger charge is 2.24. The molecule has 8 heteroatoms. The van der Waals surface area contributed by atoms with Crippen molar-refractivity contribution in [3.63, 3.8) is 0 Å². The number of aromatic nitrogens is 4. The van der Waals surface area contributed by atoms with E-state index in [1.54, 1.807) is 24.7 Å². The average Bonchev–Trinajstić information content (AvgIpc) is 3.00. The van der Waals surface area contributed by atoms with E-state index >= 15 is 0 Å². The zero-order chi connectivity index (χ0) is 18.7. The summed E-state index contributed by atoms with van der Waals surface area (Å²) in [6.45, 7) is 3.51. The van der Waals surface area contributed by atoms with Crippen LogP contribution in [0.25, 0.3) is 16.6 Å². The number of fused-ring (bicyclic) bond motifs is 1. The van der Waals surface area contributed by atoms with Crippen molar-refractivity contribution in [2.45, 2.75) is 19.4 Å². The van der Waals surface area contributed by atoms with Gasteiger partial charge in [0.15, 0.2) is 5.69 Å². The van der Waals surface area contributed by atoms with Crippen LogP contribution < -0.4 is 5.32 Å². The van der Waals surface area contributed by atoms with Gasteiger partial charge in [-0.3, -0.25) is 9.78 Å². The SMILES string of the molecule is COC[C@@](C)(O)CNC(=O)c1nnn(-c2cccc3cccnc23)c1C. The lowest BCUT2D eigenvalue weighted by Gasteiger charge is -2.22. The van der Waals surface area contributed by atoms with Crippen LogP contribution in [-0.4, -0.2) is 56.9 Å². The molecule has 0 spiro atoms. The molecule has 1 amide bonds. The van der Waals surface area contributed by atoms with Gasteiger partial charge in [0.1, 0.15) is 5.60 Å². The van der Waals surface area contributed by atoms with Crippen molar-refractivity contribution in [1.82, 2.24) is 25.3 Å². The van der Waals surface area contributed by atoms with E-state index in [0.29, 0.717) is 5.69 Å². The molecule has 0 fully saturated rings. The van der Waals surface area contributed by atoms with Gasteiger partial charge >= 0.3 is 0 Å². The van der Waals surface area contributed by atoms with Gasteiger partial charge in [0.2, 0.25) is 0 Å². The molecule has 3 rings (SSSR count). The predicted octanol–water partition coefficient (Wildman–Crippen LogP) is 1.25. The number of rotatable bonds is 6. The monoisotopic (exact) mass is 355 g/mol. The first kappa shape index (κ1) is 18.0. The molecule has 0 saturated carbocycles. The van der Waals surface area contributed by atoms with Crippen LogP contribution in [0, 0.1) is 6.92 Å². The second-order valence-corrected chi connectivity index (χ2v) is 6.40. The topological polar surface area (TPSA) is 102 Å². The fraction of sp³-hybridized carbons (Fsp3) is 0.333. The van der Waals surface area contributed by atoms with E-state index < -0.39 is 11.5 Å². The summed E-state index contributed by atoms with van der Waals surface area (Å²) in [5, 5.41) is 21.9. The largest absolute Gasteiger partial charge is 0.386 e. The molecule has 26 heavy (non-hydrogen) atoms. The van der Waals surface area contributed by atoms with Crippen LogP contribution in [0.2, 0.25) is 0 Å².